The van der Waals surface area contributed by atoms with Crippen LogP contribution in [0.3, 0.4) is 0 Å². The van der Waals surface area contributed by atoms with E-state index in [4.69, 9.17) is 15.3 Å². The van der Waals surface area contributed by atoms with Crippen LogP contribution in [0, 0.1) is 0 Å². The molecule has 15 heavy (non-hydrogen) atoms. The Balaban J connectivity index is 3.79. The van der Waals surface area contributed by atoms with Gasteiger partial charge in [-0.3, -0.25) is 0 Å². The molecular weight excluding hydrogens is 204 g/mol. The third-order valence-electron chi connectivity index (χ3n) is 1.87. The van der Waals surface area contributed by atoms with Crippen molar-refractivity contribution in [2.24, 2.45) is 0 Å². The van der Waals surface area contributed by atoms with E-state index in [1.54, 1.807) is 6.92 Å². The summed E-state index contributed by atoms with van der Waals surface area (Å²) in [7, 11) is 0. The smallest absolute Gasteiger partial charge is 0.404 e. The molecule has 88 valence electrons. The molecule has 0 spiro atoms. The molecule has 7 nitrogen and oxygen atoms in total. The molecule has 0 bridgehead atoms. The van der Waals surface area contributed by atoms with E-state index < -0.39 is 18.2 Å². The number of hydrogen-bond donors (Lipinski definition) is 5. The van der Waals surface area contributed by atoms with Crippen molar-refractivity contribution < 1.29 is 24.9 Å². The molecule has 0 aliphatic heterocycles. The van der Waals surface area contributed by atoms with Crippen LogP contribution in [0.2, 0.25) is 0 Å². The van der Waals surface area contributed by atoms with Gasteiger partial charge in [-0.05, 0) is 19.8 Å². The van der Waals surface area contributed by atoms with Crippen LogP contribution in [-0.4, -0.2) is 46.2 Å². The van der Waals surface area contributed by atoms with E-state index in [-0.39, 0.29) is 12.6 Å². The molecule has 7 heteroatoms. The molecule has 2 atom stereocenters. The van der Waals surface area contributed by atoms with Crippen LogP contribution in [0.5, 0.6) is 0 Å². The lowest BCUT2D eigenvalue weighted by atomic mass is 10.1. The van der Waals surface area contributed by atoms with Crippen LogP contribution < -0.4 is 10.6 Å². The van der Waals surface area contributed by atoms with Crippen LogP contribution in [0.4, 0.5) is 9.59 Å². The van der Waals surface area contributed by atoms with E-state index >= 15 is 0 Å². The number of carbonyl (C=O) groups is 2. The predicted octanol–water partition coefficient (Wildman–Crippen LogP) is 0.0512. The lowest BCUT2D eigenvalue weighted by Crippen LogP contribution is -2.38. The monoisotopic (exact) mass is 220 g/mol. The van der Waals surface area contributed by atoms with Gasteiger partial charge in [-0.2, -0.15) is 0 Å². The van der Waals surface area contributed by atoms with Crippen LogP contribution in [0.15, 0.2) is 0 Å². The molecular formula is C8H16N2O5. The Bertz CT molecular complexity index is 221. The molecule has 0 aromatic rings. The number of nitrogens with one attached hydrogen (secondary N) is 2. The maximum atomic E-state index is 10.3. The van der Waals surface area contributed by atoms with Crippen molar-refractivity contribution in [3.8, 4) is 0 Å². The number of hydrogen-bond acceptors (Lipinski definition) is 3. The zero-order valence-electron chi connectivity index (χ0n) is 8.43. The fourth-order valence-electron chi connectivity index (χ4n) is 1.12. The Morgan fingerprint density at radius 2 is 1.67 bits per heavy atom. The normalized spacial score (nSPS) is 14.0. The molecule has 0 saturated heterocycles. The Hall–Kier alpha value is -1.50. The van der Waals surface area contributed by atoms with E-state index in [9.17, 15) is 9.59 Å². The van der Waals surface area contributed by atoms with Gasteiger partial charge in [-0.1, -0.05) is 0 Å². The van der Waals surface area contributed by atoms with Crippen LogP contribution in [0.25, 0.3) is 0 Å². The first-order valence-electron chi connectivity index (χ1n) is 4.55. The molecule has 0 heterocycles. The lowest BCUT2D eigenvalue weighted by Gasteiger charge is -2.17. The van der Waals surface area contributed by atoms with Gasteiger partial charge in [0.1, 0.15) is 0 Å². The second-order valence-corrected chi connectivity index (χ2v) is 3.26. The highest BCUT2D eigenvalue weighted by Gasteiger charge is 2.12. The first-order valence-corrected chi connectivity index (χ1v) is 4.55. The largest absolute Gasteiger partial charge is 0.465 e. The van der Waals surface area contributed by atoms with Gasteiger partial charge < -0.3 is 26.0 Å². The molecule has 2 amide bonds. The maximum Gasteiger partial charge on any atom is 0.404 e. The van der Waals surface area contributed by atoms with Gasteiger partial charge in [0.25, 0.3) is 0 Å². The number of aliphatic hydroxyl groups excluding tert-OH is 1. The van der Waals surface area contributed by atoms with Gasteiger partial charge in [-0.15, -0.1) is 0 Å². The molecule has 0 fully saturated rings. The second kappa shape index (κ2) is 6.88. The molecule has 5 N–H and O–H groups in total. The minimum absolute atomic E-state index is 0.271. The minimum atomic E-state index is -1.20. The zero-order valence-corrected chi connectivity index (χ0v) is 8.43. The van der Waals surface area contributed by atoms with Crippen molar-refractivity contribution in [1.82, 2.24) is 10.6 Å². The Morgan fingerprint density at radius 3 is 2.07 bits per heavy atom. The summed E-state index contributed by atoms with van der Waals surface area (Å²) in [6.07, 6.45) is -1.48. The topological polar surface area (TPSA) is 119 Å². The van der Waals surface area contributed by atoms with E-state index in [0.717, 1.165) is 0 Å². The Morgan fingerprint density at radius 1 is 1.13 bits per heavy atom. The summed E-state index contributed by atoms with van der Waals surface area (Å²) < 4.78 is 0. The van der Waals surface area contributed by atoms with Crippen molar-refractivity contribution in [1.29, 1.82) is 0 Å². The van der Waals surface area contributed by atoms with E-state index in [1.165, 1.54) is 0 Å². The highest BCUT2D eigenvalue weighted by Crippen LogP contribution is 2.01. The summed E-state index contributed by atoms with van der Waals surface area (Å²) in [5, 5.41) is 29.9. The summed E-state index contributed by atoms with van der Waals surface area (Å²) in [6, 6.07) is -0.826. The average Bonchev–Trinajstić information content (AvgIpc) is 2.10. The van der Waals surface area contributed by atoms with E-state index in [2.05, 4.69) is 10.6 Å². The van der Waals surface area contributed by atoms with Gasteiger partial charge in [0, 0.05) is 6.04 Å². The average molecular weight is 220 g/mol. The third-order valence-corrected chi connectivity index (χ3v) is 1.87. The first kappa shape index (κ1) is 13.5. The van der Waals surface area contributed by atoms with Gasteiger partial charge in [0.05, 0.1) is 12.6 Å². The fraction of sp³-hybridized carbons (Fsp3) is 0.750. The highest BCUT2D eigenvalue weighted by atomic mass is 16.4. The highest BCUT2D eigenvalue weighted by molar-refractivity contribution is 5.65. The van der Waals surface area contributed by atoms with E-state index in [0.29, 0.717) is 12.8 Å². The number of carboxylic acid groups (broad SMARTS) is 2. The van der Waals surface area contributed by atoms with Gasteiger partial charge in [0.2, 0.25) is 0 Å². The fourth-order valence-corrected chi connectivity index (χ4v) is 1.12. The lowest BCUT2D eigenvalue weighted by molar-refractivity contribution is 0.172. The number of aliphatic hydroxyl groups is 1. The summed E-state index contributed by atoms with van der Waals surface area (Å²) in [5.74, 6) is 0. The van der Waals surface area contributed by atoms with Crippen LogP contribution in [0.1, 0.15) is 19.8 Å². The number of rotatable bonds is 6. The molecule has 0 aromatic carbocycles. The van der Waals surface area contributed by atoms with E-state index in [1.807, 2.05) is 0 Å². The molecule has 0 aromatic heterocycles. The summed E-state index contributed by atoms with van der Waals surface area (Å²) in [4.78, 5) is 20.5. The standard InChI is InChI=1S/C8H16N2O5/c1-5(9-7(12)13)2-3-6(4-11)10-8(14)15/h5-6,9-11H,2-4H2,1H3,(H,12,13)(H,14,15)/t5?,6-/m0/s1. The van der Waals surface area contributed by atoms with Gasteiger partial charge in [-0.25, -0.2) is 9.59 Å². The Labute approximate surface area is 87.1 Å². The SMILES string of the molecule is CC(CC[C@@H](CO)NC(=O)O)NC(=O)O. The number of amides is 2. The Kier molecular flexibility index (Phi) is 6.19. The molecule has 0 aliphatic rings. The summed E-state index contributed by atoms with van der Waals surface area (Å²) in [6.45, 7) is 1.37. The molecule has 1 unspecified atom stereocenters. The van der Waals surface area contributed by atoms with Gasteiger partial charge >= 0.3 is 12.2 Å². The maximum absolute atomic E-state index is 10.3. The van der Waals surface area contributed by atoms with Crippen LogP contribution >= 0.6 is 0 Å². The second-order valence-electron chi connectivity index (χ2n) is 3.26. The summed E-state index contributed by atoms with van der Waals surface area (Å²) >= 11 is 0. The molecule has 0 rings (SSSR count). The van der Waals surface area contributed by atoms with Crippen molar-refractivity contribution in [2.75, 3.05) is 6.61 Å². The van der Waals surface area contributed by atoms with Gasteiger partial charge in [0.15, 0.2) is 0 Å². The van der Waals surface area contributed by atoms with Crippen LogP contribution in [-0.2, 0) is 0 Å². The molecule has 0 aliphatic carbocycles. The first-order chi connectivity index (χ1) is 6.95. The quantitative estimate of drug-likeness (QED) is 0.433. The third kappa shape index (κ3) is 7.56. The zero-order chi connectivity index (χ0) is 11.8. The van der Waals surface area contributed by atoms with Crippen molar-refractivity contribution in [3.63, 3.8) is 0 Å². The molecule has 0 radical (unpaired) electrons. The predicted molar refractivity (Wildman–Crippen MR) is 51.9 cm³/mol. The van der Waals surface area contributed by atoms with Crippen molar-refractivity contribution in [2.45, 2.75) is 31.8 Å². The van der Waals surface area contributed by atoms with Crippen molar-refractivity contribution >= 4 is 12.2 Å². The minimum Gasteiger partial charge on any atom is -0.465 e. The van der Waals surface area contributed by atoms with Crippen molar-refractivity contribution in [3.05, 3.63) is 0 Å². The summed E-state index contributed by atoms with van der Waals surface area (Å²) in [5.41, 5.74) is 0. The molecule has 0 saturated carbocycles.